The van der Waals surface area contributed by atoms with Crippen LogP contribution in [-0.4, -0.2) is 21.6 Å². The average molecular weight is 409 g/mol. The lowest BCUT2D eigenvalue weighted by molar-refractivity contribution is -0.122. The highest BCUT2D eigenvalue weighted by molar-refractivity contribution is 14.1. The molecule has 0 spiro atoms. The van der Waals surface area contributed by atoms with Gasteiger partial charge in [0.05, 0.1) is 23.8 Å². The van der Waals surface area contributed by atoms with Gasteiger partial charge in [0, 0.05) is 15.7 Å². The van der Waals surface area contributed by atoms with Crippen molar-refractivity contribution in [3.63, 3.8) is 0 Å². The molecule has 1 saturated heterocycles. The summed E-state index contributed by atoms with van der Waals surface area (Å²) >= 11 is 2.20. The minimum atomic E-state index is -0.343. The zero-order valence-corrected chi connectivity index (χ0v) is 14.6. The molecular weight excluding hydrogens is 393 g/mol. The lowest BCUT2D eigenvalue weighted by atomic mass is 10.1. The molecule has 1 aromatic carbocycles. The maximum Gasteiger partial charge on any atom is 0.239 e. The van der Waals surface area contributed by atoms with Gasteiger partial charge in [-0.2, -0.15) is 5.10 Å². The number of carbonyl (C=O) groups is 2. The van der Waals surface area contributed by atoms with Crippen LogP contribution in [0.3, 0.4) is 0 Å². The summed E-state index contributed by atoms with van der Waals surface area (Å²) in [5, 5.41) is 4.38. The molecule has 0 bridgehead atoms. The van der Waals surface area contributed by atoms with Crippen molar-refractivity contribution in [2.75, 3.05) is 4.90 Å². The largest absolute Gasteiger partial charge is 0.274 e. The molecule has 3 rings (SSSR count). The Morgan fingerprint density at radius 3 is 2.50 bits per heavy atom. The zero-order chi connectivity index (χ0) is 15.9. The maximum absolute atomic E-state index is 12.6. The molecule has 114 valence electrons. The van der Waals surface area contributed by atoms with Gasteiger partial charge < -0.3 is 0 Å². The van der Waals surface area contributed by atoms with Gasteiger partial charge >= 0.3 is 0 Å². The molecule has 0 N–H and O–H groups in total. The Kier molecular flexibility index (Phi) is 4.03. The molecule has 1 atom stereocenters. The van der Waals surface area contributed by atoms with Crippen LogP contribution in [0, 0.1) is 23.3 Å². The summed E-state index contributed by atoms with van der Waals surface area (Å²) in [4.78, 5) is 26.1. The predicted octanol–water partition coefficient (Wildman–Crippen LogP) is 2.68. The number of halogens is 1. The van der Waals surface area contributed by atoms with Gasteiger partial charge in [-0.1, -0.05) is 0 Å². The van der Waals surface area contributed by atoms with Crippen molar-refractivity contribution in [3.05, 3.63) is 45.3 Å². The molecular formula is C16H16IN3O2. The fraction of sp³-hybridized carbons (Fsp3) is 0.312. The van der Waals surface area contributed by atoms with E-state index >= 15 is 0 Å². The van der Waals surface area contributed by atoms with Crippen molar-refractivity contribution in [1.82, 2.24) is 9.78 Å². The number of hydrogen-bond acceptors (Lipinski definition) is 3. The Morgan fingerprint density at radius 2 is 1.91 bits per heavy atom. The quantitative estimate of drug-likeness (QED) is 0.579. The number of anilines is 1. The minimum Gasteiger partial charge on any atom is -0.274 e. The maximum atomic E-state index is 12.6. The van der Waals surface area contributed by atoms with Crippen LogP contribution in [0.5, 0.6) is 0 Å². The Bertz CT molecular complexity index is 736. The van der Waals surface area contributed by atoms with Crippen LogP contribution in [0.4, 0.5) is 5.69 Å². The van der Waals surface area contributed by atoms with Gasteiger partial charge in [-0.25, -0.2) is 0 Å². The third-order valence-electron chi connectivity index (χ3n) is 3.82. The van der Waals surface area contributed by atoms with Gasteiger partial charge in [0.1, 0.15) is 0 Å². The number of hydrogen-bond donors (Lipinski definition) is 0. The number of amides is 2. The lowest BCUT2D eigenvalue weighted by Gasteiger charge is -2.15. The first-order valence-corrected chi connectivity index (χ1v) is 8.17. The predicted molar refractivity (Wildman–Crippen MR) is 91.5 cm³/mol. The second-order valence-electron chi connectivity index (χ2n) is 5.55. The molecule has 0 radical (unpaired) electrons. The highest BCUT2D eigenvalue weighted by atomic mass is 127. The first-order chi connectivity index (χ1) is 10.5. The SMILES string of the molecule is Cc1cc(C)n(C[C@@H]2CC(=O)N(c3ccc(I)cc3)C2=O)n1. The van der Waals surface area contributed by atoms with Crippen molar-refractivity contribution >= 4 is 40.1 Å². The van der Waals surface area contributed by atoms with Gasteiger partial charge in [0.25, 0.3) is 0 Å². The van der Waals surface area contributed by atoms with Crippen molar-refractivity contribution in [2.45, 2.75) is 26.8 Å². The summed E-state index contributed by atoms with van der Waals surface area (Å²) in [6.45, 7) is 4.33. The molecule has 1 fully saturated rings. The molecule has 2 amide bonds. The summed E-state index contributed by atoms with van der Waals surface area (Å²) in [6, 6.07) is 9.38. The third kappa shape index (κ3) is 2.79. The standard InChI is InChI=1S/C16H16IN3O2/c1-10-7-11(2)19(18-10)9-12-8-15(21)20(16(12)22)14-5-3-13(17)4-6-14/h3-7,12H,8-9H2,1-2H3/t12-/m0/s1. The summed E-state index contributed by atoms with van der Waals surface area (Å²) in [5.74, 6) is -0.624. The van der Waals surface area contributed by atoms with E-state index in [2.05, 4.69) is 27.7 Å². The van der Waals surface area contributed by atoms with Crippen LogP contribution in [0.2, 0.25) is 0 Å². The molecule has 6 heteroatoms. The van der Waals surface area contributed by atoms with Crippen LogP contribution in [-0.2, 0) is 16.1 Å². The third-order valence-corrected chi connectivity index (χ3v) is 4.54. The smallest absolute Gasteiger partial charge is 0.239 e. The molecule has 1 aliphatic heterocycles. The second-order valence-corrected chi connectivity index (χ2v) is 6.80. The minimum absolute atomic E-state index is 0.140. The highest BCUT2D eigenvalue weighted by Crippen LogP contribution is 2.28. The summed E-state index contributed by atoms with van der Waals surface area (Å²) in [5.41, 5.74) is 2.57. The van der Waals surface area contributed by atoms with Crippen molar-refractivity contribution < 1.29 is 9.59 Å². The van der Waals surface area contributed by atoms with Gasteiger partial charge in [0.2, 0.25) is 11.8 Å². The summed E-state index contributed by atoms with van der Waals surface area (Å²) in [7, 11) is 0. The second kappa shape index (κ2) is 5.83. The van der Waals surface area contributed by atoms with E-state index < -0.39 is 0 Å². The molecule has 0 unspecified atom stereocenters. The van der Waals surface area contributed by atoms with Gasteiger partial charge in [-0.05, 0) is 66.8 Å². The number of benzene rings is 1. The van der Waals surface area contributed by atoms with E-state index in [-0.39, 0.29) is 24.2 Å². The van der Waals surface area contributed by atoms with Crippen LogP contribution in [0.15, 0.2) is 30.3 Å². The number of aromatic nitrogens is 2. The van der Waals surface area contributed by atoms with E-state index in [1.165, 1.54) is 4.90 Å². The summed E-state index contributed by atoms with van der Waals surface area (Å²) in [6.07, 6.45) is 0.239. The van der Waals surface area contributed by atoms with E-state index in [4.69, 9.17) is 0 Å². The van der Waals surface area contributed by atoms with Gasteiger partial charge in [-0.3, -0.25) is 19.2 Å². The average Bonchev–Trinajstić information content (AvgIpc) is 2.92. The Labute approximate surface area is 142 Å². The number of rotatable bonds is 3. The van der Waals surface area contributed by atoms with E-state index in [0.29, 0.717) is 12.2 Å². The van der Waals surface area contributed by atoms with Crippen molar-refractivity contribution in [2.24, 2.45) is 5.92 Å². The molecule has 1 aromatic heterocycles. The molecule has 0 saturated carbocycles. The highest BCUT2D eigenvalue weighted by Gasteiger charge is 2.39. The number of imide groups is 1. The van der Waals surface area contributed by atoms with Crippen LogP contribution >= 0.6 is 22.6 Å². The Morgan fingerprint density at radius 1 is 1.23 bits per heavy atom. The molecule has 1 aliphatic rings. The molecule has 2 aromatic rings. The van der Waals surface area contributed by atoms with Gasteiger partial charge in [0.15, 0.2) is 0 Å². The molecule has 5 nitrogen and oxygen atoms in total. The lowest BCUT2D eigenvalue weighted by Crippen LogP contribution is -2.31. The Hall–Kier alpha value is -1.70. The van der Waals surface area contributed by atoms with E-state index in [9.17, 15) is 9.59 Å². The van der Waals surface area contributed by atoms with Crippen molar-refractivity contribution in [3.8, 4) is 0 Å². The zero-order valence-electron chi connectivity index (χ0n) is 12.4. The monoisotopic (exact) mass is 409 g/mol. The molecule has 0 aliphatic carbocycles. The molecule has 2 heterocycles. The first-order valence-electron chi connectivity index (χ1n) is 7.09. The fourth-order valence-electron chi connectivity index (χ4n) is 2.77. The van der Waals surface area contributed by atoms with E-state index in [1.54, 1.807) is 0 Å². The first kappa shape index (κ1) is 15.2. The number of aryl methyl sites for hydroxylation is 2. The number of carbonyl (C=O) groups excluding carboxylic acids is 2. The molecule has 22 heavy (non-hydrogen) atoms. The van der Waals surface area contributed by atoms with Gasteiger partial charge in [-0.15, -0.1) is 0 Å². The normalized spacial score (nSPS) is 18.3. The van der Waals surface area contributed by atoms with Crippen LogP contribution in [0.25, 0.3) is 0 Å². The fourth-order valence-corrected chi connectivity index (χ4v) is 3.13. The van der Waals surface area contributed by atoms with Crippen LogP contribution in [0.1, 0.15) is 17.8 Å². The topological polar surface area (TPSA) is 55.2 Å². The summed E-state index contributed by atoms with van der Waals surface area (Å²) < 4.78 is 2.88. The van der Waals surface area contributed by atoms with E-state index in [0.717, 1.165) is 15.0 Å². The number of nitrogens with zero attached hydrogens (tertiary/aromatic N) is 3. The Balaban J connectivity index is 1.82. The van der Waals surface area contributed by atoms with Crippen molar-refractivity contribution in [1.29, 1.82) is 0 Å². The van der Waals surface area contributed by atoms with Crippen LogP contribution < -0.4 is 4.90 Å². The van der Waals surface area contributed by atoms with E-state index in [1.807, 2.05) is 48.9 Å².